The van der Waals surface area contributed by atoms with Gasteiger partial charge in [0.25, 0.3) is 0 Å². The molecule has 0 aliphatic heterocycles. The van der Waals surface area contributed by atoms with E-state index >= 15 is 0 Å². The Kier molecular flexibility index (Phi) is 7.78. The summed E-state index contributed by atoms with van der Waals surface area (Å²) in [6.45, 7) is 1.55. The van der Waals surface area contributed by atoms with E-state index in [2.05, 4.69) is 0 Å². The number of methoxy groups -OCH3 is 1. The van der Waals surface area contributed by atoms with Crippen molar-refractivity contribution < 1.29 is 19.3 Å². The number of para-hydroxylation sites is 1. The summed E-state index contributed by atoms with van der Waals surface area (Å²) >= 11 is 6.03. The number of aliphatic hydroxyl groups is 1. The van der Waals surface area contributed by atoms with Crippen LogP contribution >= 0.6 is 11.6 Å². The zero-order valence-electron chi connectivity index (χ0n) is 11.0. The molecule has 0 saturated heterocycles. The third-order valence-corrected chi connectivity index (χ3v) is 2.73. The predicted molar refractivity (Wildman–Crippen MR) is 73.5 cm³/mol. The Labute approximate surface area is 118 Å². The third-order valence-electron chi connectivity index (χ3n) is 2.43. The van der Waals surface area contributed by atoms with Gasteiger partial charge in [-0.05, 0) is 6.07 Å². The standard InChI is InChI=1S/C13H20ClNO4/c1-17-5-6-18-8-11(16)9-19-13-10(7-15)3-2-4-12(13)14/h2-4,11,16H,5-9,15H2,1H3. The van der Waals surface area contributed by atoms with E-state index in [1.54, 1.807) is 13.2 Å². The fourth-order valence-corrected chi connectivity index (χ4v) is 1.71. The molecule has 6 heteroatoms. The summed E-state index contributed by atoms with van der Waals surface area (Å²) in [7, 11) is 1.59. The van der Waals surface area contributed by atoms with E-state index in [9.17, 15) is 5.11 Å². The van der Waals surface area contributed by atoms with Crippen LogP contribution in [-0.4, -0.2) is 44.7 Å². The van der Waals surface area contributed by atoms with Gasteiger partial charge in [0.2, 0.25) is 0 Å². The summed E-state index contributed by atoms with van der Waals surface area (Å²) in [6, 6.07) is 5.36. The van der Waals surface area contributed by atoms with Crippen LogP contribution in [0.3, 0.4) is 0 Å². The van der Waals surface area contributed by atoms with Crippen molar-refractivity contribution in [2.45, 2.75) is 12.6 Å². The van der Waals surface area contributed by atoms with Crippen LogP contribution in [0.2, 0.25) is 5.02 Å². The van der Waals surface area contributed by atoms with E-state index in [0.29, 0.717) is 30.5 Å². The van der Waals surface area contributed by atoms with Crippen molar-refractivity contribution in [1.29, 1.82) is 0 Å². The zero-order chi connectivity index (χ0) is 14.1. The molecule has 108 valence electrons. The van der Waals surface area contributed by atoms with Crippen molar-refractivity contribution in [2.75, 3.05) is 33.5 Å². The number of rotatable bonds is 9. The monoisotopic (exact) mass is 289 g/mol. The second-order valence-electron chi connectivity index (χ2n) is 3.96. The van der Waals surface area contributed by atoms with Crippen LogP contribution in [0.5, 0.6) is 5.75 Å². The first-order valence-electron chi connectivity index (χ1n) is 6.04. The molecule has 1 rings (SSSR count). The molecule has 19 heavy (non-hydrogen) atoms. The van der Waals surface area contributed by atoms with Crippen LogP contribution in [-0.2, 0) is 16.0 Å². The van der Waals surface area contributed by atoms with E-state index in [0.717, 1.165) is 5.56 Å². The lowest BCUT2D eigenvalue weighted by atomic mass is 10.2. The second-order valence-corrected chi connectivity index (χ2v) is 4.37. The zero-order valence-corrected chi connectivity index (χ0v) is 11.7. The van der Waals surface area contributed by atoms with Gasteiger partial charge in [0.15, 0.2) is 0 Å². The number of aliphatic hydroxyl groups excluding tert-OH is 1. The molecule has 0 saturated carbocycles. The number of halogens is 1. The Hall–Kier alpha value is -0.850. The summed E-state index contributed by atoms with van der Waals surface area (Å²) in [6.07, 6.45) is -0.723. The van der Waals surface area contributed by atoms with Gasteiger partial charge in [0.05, 0.1) is 24.8 Å². The smallest absolute Gasteiger partial charge is 0.142 e. The fraction of sp³-hybridized carbons (Fsp3) is 0.538. The van der Waals surface area contributed by atoms with Crippen LogP contribution < -0.4 is 10.5 Å². The van der Waals surface area contributed by atoms with Crippen LogP contribution in [0.1, 0.15) is 5.56 Å². The fourth-order valence-electron chi connectivity index (χ4n) is 1.47. The summed E-state index contributed by atoms with van der Waals surface area (Å²) in [5.74, 6) is 0.516. The van der Waals surface area contributed by atoms with Gasteiger partial charge in [0, 0.05) is 19.2 Å². The van der Waals surface area contributed by atoms with Crippen molar-refractivity contribution in [3.8, 4) is 5.75 Å². The normalized spacial score (nSPS) is 12.4. The molecule has 0 aromatic heterocycles. The molecule has 0 heterocycles. The van der Waals surface area contributed by atoms with Gasteiger partial charge in [-0.1, -0.05) is 23.7 Å². The third kappa shape index (κ3) is 5.76. The molecule has 0 spiro atoms. The molecule has 1 aromatic carbocycles. The van der Waals surface area contributed by atoms with Gasteiger partial charge in [-0.3, -0.25) is 0 Å². The van der Waals surface area contributed by atoms with Crippen LogP contribution in [0, 0.1) is 0 Å². The predicted octanol–water partition coefficient (Wildman–Crippen LogP) is 1.20. The van der Waals surface area contributed by atoms with E-state index in [1.165, 1.54) is 0 Å². The number of nitrogens with two attached hydrogens (primary N) is 1. The second kappa shape index (κ2) is 9.12. The number of benzene rings is 1. The Morgan fingerprint density at radius 2 is 2.11 bits per heavy atom. The highest BCUT2D eigenvalue weighted by molar-refractivity contribution is 6.32. The first-order chi connectivity index (χ1) is 9.19. The maximum atomic E-state index is 9.70. The number of ether oxygens (including phenoxy) is 3. The first-order valence-corrected chi connectivity index (χ1v) is 6.41. The molecule has 0 aliphatic rings. The van der Waals surface area contributed by atoms with Gasteiger partial charge < -0.3 is 25.1 Å². The molecule has 0 aliphatic carbocycles. The van der Waals surface area contributed by atoms with E-state index in [-0.39, 0.29) is 13.2 Å². The highest BCUT2D eigenvalue weighted by Crippen LogP contribution is 2.28. The maximum Gasteiger partial charge on any atom is 0.142 e. The minimum absolute atomic E-state index is 0.101. The molecule has 0 radical (unpaired) electrons. The van der Waals surface area contributed by atoms with Crippen LogP contribution in [0.25, 0.3) is 0 Å². The summed E-state index contributed by atoms with van der Waals surface area (Å²) in [4.78, 5) is 0. The summed E-state index contributed by atoms with van der Waals surface area (Å²) in [5, 5.41) is 10.2. The molecule has 1 atom stereocenters. The summed E-state index contributed by atoms with van der Waals surface area (Å²) < 4.78 is 15.5. The van der Waals surface area contributed by atoms with Crippen LogP contribution in [0.4, 0.5) is 0 Å². The molecule has 5 nitrogen and oxygen atoms in total. The molecule has 3 N–H and O–H groups in total. The first kappa shape index (κ1) is 16.2. The highest BCUT2D eigenvalue weighted by atomic mass is 35.5. The number of hydrogen-bond acceptors (Lipinski definition) is 5. The highest BCUT2D eigenvalue weighted by Gasteiger charge is 2.10. The topological polar surface area (TPSA) is 73.9 Å². The lowest BCUT2D eigenvalue weighted by Crippen LogP contribution is -2.24. The molecule has 0 fully saturated rings. The van der Waals surface area contributed by atoms with E-state index < -0.39 is 6.10 Å². The lowest BCUT2D eigenvalue weighted by Gasteiger charge is -2.15. The molecular weight excluding hydrogens is 270 g/mol. The molecular formula is C13H20ClNO4. The maximum absolute atomic E-state index is 9.70. The van der Waals surface area contributed by atoms with Gasteiger partial charge in [-0.25, -0.2) is 0 Å². The van der Waals surface area contributed by atoms with E-state index in [1.807, 2.05) is 12.1 Å². The van der Waals surface area contributed by atoms with Crippen LogP contribution in [0.15, 0.2) is 18.2 Å². The Morgan fingerprint density at radius 1 is 1.32 bits per heavy atom. The number of hydrogen-bond donors (Lipinski definition) is 2. The molecule has 1 aromatic rings. The average Bonchev–Trinajstić information content (AvgIpc) is 2.42. The Balaban J connectivity index is 2.39. The minimum atomic E-state index is -0.723. The van der Waals surface area contributed by atoms with Gasteiger partial charge in [-0.15, -0.1) is 0 Å². The van der Waals surface area contributed by atoms with Crippen molar-refractivity contribution >= 4 is 11.6 Å². The Morgan fingerprint density at radius 3 is 2.79 bits per heavy atom. The Bertz CT molecular complexity index is 376. The lowest BCUT2D eigenvalue weighted by molar-refractivity contribution is -0.00429. The largest absolute Gasteiger partial charge is 0.489 e. The van der Waals surface area contributed by atoms with Crippen molar-refractivity contribution in [3.05, 3.63) is 28.8 Å². The SMILES string of the molecule is COCCOCC(O)COc1c(Cl)cccc1CN. The van der Waals surface area contributed by atoms with Gasteiger partial charge >= 0.3 is 0 Å². The van der Waals surface area contributed by atoms with Crippen molar-refractivity contribution in [1.82, 2.24) is 0 Å². The average molecular weight is 290 g/mol. The molecule has 0 bridgehead atoms. The van der Waals surface area contributed by atoms with Crippen molar-refractivity contribution in [2.24, 2.45) is 5.73 Å². The van der Waals surface area contributed by atoms with Gasteiger partial charge in [-0.2, -0.15) is 0 Å². The van der Waals surface area contributed by atoms with Crippen molar-refractivity contribution in [3.63, 3.8) is 0 Å². The quantitative estimate of drug-likeness (QED) is 0.668. The molecule has 0 amide bonds. The van der Waals surface area contributed by atoms with E-state index in [4.69, 9.17) is 31.5 Å². The minimum Gasteiger partial charge on any atom is -0.489 e. The summed E-state index contributed by atoms with van der Waals surface area (Å²) in [5.41, 5.74) is 6.41. The van der Waals surface area contributed by atoms with Gasteiger partial charge in [0.1, 0.15) is 18.5 Å². The molecule has 1 unspecified atom stereocenters.